The maximum absolute atomic E-state index is 5.71. The van der Waals surface area contributed by atoms with Crippen LogP contribution in [0.25, 0.3) is 0 Å². The first-order chi connectivity index (χ1) is 4.61. The van der Waals surface area contributed by atoms with Crippen LogP contribution in [-0.4, -0.2) is 0 Å². The summed E-state index contributed by atoms with van der Waals surface area (Å²) in [7, 11) is 0. The molecule has 0 fully saturated rings. The van der Waals surface area contributed by atoms with Crippen LogP contribution in [0, 0.1) is 6.92 Å². The van der Waals surface area contributed by atoms with Crippen molar-refractivity contribution in [3.63, 3.8) is 0 Å². The Bertz CT molecular complexity index is 210. The fourth-order valence-corrected chi connectivity index (χ4v) is 0.987. The minimum atomic E-state index is 0.448. The van der Waals surface area contributed by atoms with E-state index in [0.29, 0.717) is 15.9 Å². The largest absolute Gasteiger partial charge is 0.289 e. The molecule has 1 aromatic rings. The normalized spacial score (nSPS) is 9.90. The van der Waals surface area contributed by atoms with Crippen LogP contribution in [0.1, 0.15) is 5.69 Å². The van der Waals surface area contributed by atoms with Crippen molar-refractivity contribution in [3.8, 4) is 0 Å². The van der Waals surface area contributed by atoms with Crippen molar-refractivity contribution in [1.82, 2.24) is 0 Å². The second kappa shape index (κ2) is 2.64. The molecule has 0 saturated heterocycles. The van der Waals surface area contributed by atoms with Gasteiger partial charge < -0.3 is 0 Å². The third-order valence-corrected chi connectivity index (χ3v) is 1.90. The zero-order chi connectivity index (χ0) is 7.72. The van der Waals surface area contributed by atoms with Gasteiger partial charge in [-0.3, -0.25) is 5.73 Å². The Kier molecular flexibility index (Phi) is 2.02. The molecule has 0 radical (unpaired) electrons. The highest BCUT2D eigenvalue weighted by Gasteiger charge is 2.06. The molecule has 0 unspecified atom stereocenters. The molecule has 10 heavy (non-hydrogen) atoms. The molecule has 4 heteroatoms. The van der Waals surface area contributed by atoms with Crippen molar-refractivity contribution in [2.24, 2.45) is 0 Å². The lowest BCUT2D eigenvalue weighted by Gasteiger charge is -1.94. The zero-order valence-corrected chi connectivity index (χ0v) is 6.92. The Morgan fingerprint density at radius 3 is 2.50 bits per heavy atom. The Morgan fingerprint density at radius 1 is 1.40 bits per heavy atom. The number of aromatic nitrogens is 1. The highest BCUT2D eigenvalue weighted by molar-refractivity contribution is 6.35. The number of nitrogens with two attached hydrogens (primary N) is 1. The number of H-pyrrole nitrogens is 1. The first-order valence-electron chi connectivity index (χ1n) is 2.74. The number of hydrogen-bond donors (Lipinski definition) is 1. The molecule has 0 aliphatic heterocycles. The molecule has 1 heterocycles. The Morgan fingerprint density at radius 2 is 2.00 bits per heavy atom. The van der Waals surface area contributed by atoms with Gasteiger partial charge in [0.25, 0.3) is 5.82 Å². The van der Waals surface area contributed by atoms with Gasteiger partial charge in [0.2, 0.25) is 0 Å². The van der Waals surface area contributed by atoms with Crippen LogP contribution in [0.5, 0.6) is 0 Å². The van der Waals surface area contributed by atoms with Crippen LogP contribution < -0.4 is 10.7 Å². The molecule has 1 rings (SSSR count). The molecule has 1 aromatic heterocycles. The van der Waals surface area contributed by atoms with E-state index in [1.54, 1.807) is 6.07 Å². The van der Waals surface area contributed by atoms with Crippen LogP contribution in [0.4, 0.5) is 5.82 Å². The first kappa shape index (κ1) is 7.63. The van der Waals surface area contributed by atoms with Crippen LogP contribution in [0.3, 0.4) is 0 Å². The average Bonchev–Trinajstić information content (AvgIpc) is 1.84. The number of hydrogen-bond acceptors (Lipinski definition) is 1. The summed E-state index contributed by atoms with van der Waals surface area (Å²) in [6, 6.07) is 1.62. The van der Waals surface area contributed by atoms with Gasteiger partial charge in [-0.1, -0.05) is 23.2 Å². The lowest BCUT2D eigenvalue weighted by molar-refractivity contribution is -0.369. The predicted molar refractivity (Wildman–Crippen MR) is 42.2 cm³/mol. The molecule has 3 N–H and O–H groups in total. The van der Waals surface area contributed by atoms with Gasteiger partial charge in [0, 0.05) is 0 Å². The second-order valence-corrected chi connectivity index (χ2v) is 2.82. The molecule has 54 valence electrons. The maximum atomic E-state index is 5.71. The van der Waals surface area contributed by atoms with E-state index < -0.39 is 0 Å². The molecule has 0 spiro atoms. The fourth-order valence-electron chi connectivity index (χ4n) is 0.619. The summed E-state index contributed by atoms with van der Waals surface area (Å²) in [5.41, 5.74) is 6.27. The molecule has 2 nitrogen and oxygen atoms in total. The first-order valence-corrected chi connectivity index (χ1v) is 3.50. The number of aryl methyl sites for hydroxylation is 1. The van der Waals surface area contributed by atoms with Crippen molar-refractivity contribution in [2.75, 3.05) is 5.73 Å². The number of halogens is 2. The lowest BCUT2D eigenvalue weighted by atomic mass is 10.4. The molecule has 0 amide bonds. The number of rotatable bonds is 0. The van der Waals surface area contributed by atoms with Crippen molar-refractivity contribution in [1.29, 1.82) is 0 Å². The Labute approximate surface area is 69.0 Å². The Hall–Kier alpha value is -0.470. The van der Waals surface area contributed by atoms with Crippen molar-refractivity contribution < 1.29 is 4.98 Å². The topological polar surface area (TPSA) is 40.2 Å². The Balaban J connectivity index is 3.28. The van der Waals surface area contributed by atoms with Crippen LogP contribution >= 0.6 is 23.2 Å². The molecule has 0 atom stereocenters. The molecule has 0 aliphatic carbocycles. The van der Waals surface area contributed by atoms with Crippen LogP contribution in [0.15, 0.2) is 6.07 Å². The van der Waals surface area contributed by atoms with Gasteiger partial charge in [-0.15, -0.1) is 0 Å². The van der Waals surface area contributed by atoms with E-state index in [1.165, 1.54) is 0 Å². The summed E-state index contributed by atoms with van der Waals surface area (Å²) >= 11 is 11.4. The van der Waals surface area contributed by atoms with Crippen LogP contribution in [-0.2, 0) is 0 Å². The molecule has 0 saturated carbocycles. The number of aromatic amines is 1. The van der Waals surface area contributed by atoms with Crippen molar-refractivity contribution in [3.05, 3.63) is 21.8 Å². The van der Waals surface area contributed by atoms with Crippen molar-refractivity contribution in [2.45, 2.75) is 6.92 Å². The van der Waals surface area contributed by atoms with E-state index in [4.69, 9.17) is 28.9 Å². The zero-order valence-electron chi connectivity index (χ0n) is 5.41. The van der Waals surface area contributed by atoms with Gasteiger partial charge >= 0.3 is 0 Å². The minimum absolute atomic E-state index is 0.448. The monoisotopic (exact) mass is 177 g/mol. The summed E-state index contributed by atoms with van der Waals surface area (Å²) in [5, 5.41) is 1.05. The number of nitrogen functional groups attached to an aromatic ring is 1. The third kappa shape index (κ3) is 1.33. The number of nitrogens with one attached hydrogen (secondary N) is 1. The van der Waals surface area contributed by atoms with E-state index in [-0.39, 0.29) is 0 Å². The van der Waals surface area contributed by atoms with Crippen molar-refractivity contribution >= 4 is 29.0 Å². The lowest BCUT2D eigenvalue weighted by Crippen LogP contribution is -2.14. The average molecular weight is 178 g/mol. The summed E-state index contributed by atoms with van der Waals surface area (Å²) in [4.78, 5) is 2.82. The summed E-state index contributed by atoms with van der Waals surface area (Å²) in [6.07, 6.45) is 0. The highest BCUT2D eigenvalue weighted by Crippen LogP contribution is 2.19. The van der Waals surface area contributed by atoms with Gasteiger partial charge in [0.05, 0.1) is 5.02 Å². The molecule has 0 aromatic carbocycles. The van der Waals surface area contributed by atoms with E-state index in [0.717, 1.165) is 5.69 Å². The standard InChI is InChI=1S/C6H6Cl2N2/c1-3-4(7)2-5(8)6(9)10-3/h2H,1H3,(H2,9,10)/p+1. The summed E-state index contributed by atoms with van der Waals surface area (Å²) in [5.74, 6) is 0.448. The molecule has 0 aliphatic rings. The van der Waals surface area contributed by atoms with Gasteiger partial charge in [-0.05, 0) is 13.0 Å². The van der Waals surface area contributed by atoms with E-state index in [9.17, 15) is 0 Å². The van der Waals surface area contributed by atoms with Crippen LogP contribution in [0.2, 0.25) is 10.0 Å². The van der Waals surface area contributed by atoms with E-state index >= 15 is 0 Å². The van der Waals surface area contributed by atoms with Gasteiger partial charge in [-0.2, -0.15) is 0 Å². The van der Waals surface area contributed by atoms with Gasteiger partial charge in [0.15, 0.2) is 0 Å². The van der Waals surface area contributed by atoms with E-state index in [2.05, 4.69) is 4.98 Å². The minimum Gasteiger partial charge on any atom is -0.286 e. The summed E-state index contributed by atoms with van der Waals surface area (Å²) in [6.45, 7) is 1.83. The quantitative estimate of drug-likeness (QED) is 0.645. The van der Waals surface area contributed by atoms with Gasteiger partial charge in [0.1, 0.15) is 10.7 Å². The molecular weight excluding hydrogens is 171 g/mol. The summed E-state index contributed by atoms with van der Waals surface area (Å²) < 4.78 is 0. The predicted octanol–water partition coefficient (Wildman–Crippen LogP) is 1.70. The fraction of sp³-hybridized carbons (Fsp3) is 0.167. The highest BCUT2D eigenvalue weighted by atomic mass is 35.5. The van der Waals surface area contributed by atoms with E-state index in [1.807, 2.05) is 6.92 Å². The molecular formula is C6H7Cl2N2+. The third-order valence-electron chi connectivity index (χ3n) is 1.19. The smallest absolute Gasteiger partial charge is 0.286 e. The van der Waals surface area contributed by atoms with Gasteiger partial charge in [-0.25, -0.2) is 4.98 Å². The number of anilines is 1. The number of pyridine rings is 1. The second-order valence-electron chi connectivity index (χ2n) is 2.00. The molecule has 0 bridgehead atoms. The maximum Gasteiger partial charge on any atom is 0.289 e. The SMILES string of the molecule is Cc1[nH+]c(N)c(Cl)cc1Cl.